The lowest BCUT2D eigenvalue weighted by molar-refractivity contribution is -0.137. The van der Waals surface area contributed by atoms with E-state index in [0.717, 1.165) is 62.5 Å². The van der Waals surface area contributed by atoms with Gasteiger partial charge in [-0.05, 0) is 61.4 Å². The lowest BCUT2D eigenvalue weighted by Crippen LogP contribution is -2.63. The minimum Gasteiger partial charge on any atom is -0.349 e. The van der Waals surface area contributed by atoms with Crippen LogP contribution in [0.3, 0.4) is 0 Å². The normalized spacial score (nSPS) is 21.5. The number of nitrogens with zero attached hydrogens (tertiary/aromatic N) is 2. The highest BCUT2D eigenvalue weighted by Gasteiger charge is 2.35. The van der Waals surface area contributed by atoms with Crippen LogP contribution < -0.4 is 10.6 Å². The predicted molar refractivity (Wildman–Crippen MR) is 116 cm³/mol. The van der Waals surface area contributed by atoms with E-state index in [9.17, 15) is 27.2 Å². The second-order valence-corrected chi connectivity index (χ2v) is 8.90. The van der Waals surface area contributed by atoms with Crippen molar-refractivity contribution in [3.8, 4) is 0 Å². The van der Waals surface area contributed by atoms with Gasteiger partial charge in [0.25, 0.3) is 5.91 Å². The van der Waals surface area contributed by atoms with Crippen LogP contribution in [-0.4, -0.2) is 53.4 Å². The van der Waals surface area contributed by atoms with Crippen LogP contribution in [0.4, 0.5) is 17.6 Å². The van der Waals surface area contributed by atoms with Gasteiger partial charge in [0.1, 0.15) is 0 Å². The van der Waals surface area contributed by atoms with Crippen LogP contribution in [0.15, 0.2) is 42.6 Å². The Hall–Kier alpha value is -3.01. The molecule has 182 valence electrons. The minimum absolute atomic E-state index is 0.0167. The quantitative estimate of drug-likeness (QED) is 0.493. The molecule has 4 rings (SSSR count). The number of carbonyl (C=O) groups is 2. The Morgan fingerprint density at radius 2 is 1.79 bits per heavy atom. The minimum atomic E-state index is -4.54. The predicted octanol–water partition coefficient (Wildman–Crippen LogP) is 3.50. The Bertz CT molecular complexity index is 1010. The number of aromatic nitrogens is 1. The summed E-state index contributed by atoms with van der Waals surface area (Å²) in [6, 6.07) is 7.70. The smallest absolute Gasteiger partial charge is 0.349 e. The SMILES string of the molecule is O=C(CNC(=O)c1cccc(C(F)(F)F)c1)NC1CN(C2CCC(c3ccc(F)nc3)CC2)C1. The van der Waals surface area contributed by atoms with Crippen molar-refractivity contribution in [3.63, 3.8) is 0 Å². The maximum absolute atomic E-state index is 13.0. The van der Waals surface area contributed by atoms with Gasteiger partial charge in [0.15, 0.2) is 0 Å². The second-order valence-electron chi connectivity index (χ2n) is 8.90. The lowest BCUT2D eigenvalue weighted by Gasteiger charge is -2.46. The van der Waals surface area contributed by atoms with Crippen molar-refractivity contribution < 1.29 is 27.2 Å². The number of nitrogens with one attached hydrogen (secondary N) is 2. The molecular weight excluding hydrogens is 452 g/mol. The summed E-state index contributed by atoms with van der Waals surface area (Å²) in [6.45, 7) is 1.14. The van der Waals surface area contributed by atoms with E-state index in [-0.39, 0.29) is 24.1 Å². The summed E-state index contributed by atoms with van der Waals surface area (Å²) < 4.78 is 51.4. The largest absolute Gasteiger partial charge is 0.416 e. The van der Waals surface area contributed by atoms with E-state index >= 15 is 0 Å². The lowest BCUT2D eigenvalue weighted by atomic mass is 9.81. The number of benzene rings is 1. The van der Waals surface area contributed by atoms with Crippen LogP contribution >= 0.6 is 0 Å². The number of hydrogen-bond donors (Lipinski definition) is 2. The average Bonchev–Trinajstić information content (AvgIpc) is 2.80. The Morgan fingerprint density at radius 3 is 2.44 bits per heavy atom. The molecule has 1 aromatic carbocycles. The maximum Gasteiger partial charge on any atom is 0.416 e. The van der Waals surface area contributed by atoms with Gasteiger partial charge >= 0.3 is 6.18 Å². The molecule has 0 spiro atoms. The zero-order valence-corrected chi connectivity index (χ0v) is 18.4. The van der Waals surface area contributed by atoms with Gasteiger partial charge < -0.3 is 10.6 Å². The third kappa shape index (κ3) is 5.91. The number of pyridine rings is 1. The van der Waals surface area contributed by atoms with E-state index in [4.69, 9.17) is 0 Å². The molecule has 2 amide bonds. The standard InChI is InChI=1S/C24H26F4N4O2/c25-21-9-6-17(11-29-21)15-4-7-20(8-5-15)32-13-19(14-32)31-22(33)12-30-23(34)16-2-1-3-18(10-16)24(26,27)28/h1-3,6,9-11,15,19-20H,4-5,7-8,12-14H2,(H,30,34)(H,31,33). The average molecular weight is 478 g/mol. The molecule has 10 heteroatoms. The van der Waals surface area contributed by atoms with Gasteiger partial charge in [-0.3, -0.25) is 14.5 Å². The van der Waals surface area contributed by atoms with Gasteiger partial charge in [-0.25, -0.2) is 4.98 Å². The number of carbonyl (C=O) groups excluding carboxylic acids is 2. The maximum atomic E-state index is 13.0. The molecule has 6 nitrogen and oxygen atoms in total. The molecule has 1 aliphatic heterocycles. The summed E-state index contributed by atoms with van der Waals surface area (Å²) in [5.74, 6) is -1.19. The molecule has 2 heterocycles. The Balaban J connectivity index is 1.15. The van der Waals surface area contributed by atoms with E-state index in [1.807, 2.05) is 0 Å². The van der Waals surface area contributed by atoms with Crippen LogP contribution in [0.1, 0.15) is 53.1 Å². The van der Waals surface area contributed by atoms with Crippen molar-refractivity contribution in [2.75, 3.05) is 19.6 Å². The van der Waals surface area contributed by atoms with Crippen molar-refractivity contribution in [2.45, 2.75) is 49.9 Å². The third-order valence-electron chi connectivity index (χ3n) is 6.57. The van der Waals surface area contributed by atoms with Gasteiger partial charge in [-0.1, -0.05) is 12.1 Å². The molecule has 1 aromatic heterocycles. The van der Waals surface area contributed by atoms with Crippen LogP contribution in [0.5, 0.6) is 0 Å². The molecule has 1 saturated carbocycles. The number of halogens is 4. The first-order valence-electron chi connectivity index (χ1n) is 11.3. The Labute approximate surface area is 194 Å². The van der Waals surface area contributed by atoms with Crippen LogP contribution in [0, 0.1) is 5.95 Å². The zero-order chi connectivity index (χ0) is 24.3. The third-order valence-corrected chi connectivity index (χ3v) is 6.57. The van der Waals surface area contributed by atoms with E-state index in [2.05, 4.69) is 20.5 Å². The van der Waals surface area contributed by atoms with Crippen molar-refractivity contribution in [1.82, 2.24) is 20.5 Å². The van der Waals surface area contributed by atoms with Crippen LogP contribution in [0.2, 0.25) is 0 Å². The number of rotatable bonds is 6. The first kappa shape index (κ1) is 24.1. The molecular formula is C24H26F4N4O2. The Morgan fingerprint density at radius 1 is 1.06 bits per heavy atom. The van der Waals surface area contributed by atoms with Gasteiger partial charge in [-0.15, -0.1) is 0 Å². The van der Waals surface area contributed by atoms with E-state index in [1.165, 1.54) is 12.1 Å². The van der Waals surface area contributed by atoms with Gasteiger partial charge in [0.05, 0.1) is 18.2 Å². The van der Waals surface area contributed by atoms with Crippen molar-refractivity contribution >= 4 is 11.8 Å². The molecule has 0 unspecified atom stereocenters. The molecule has 1 saturated heterocycles. The zero-order valence-electron chi connectivity index (χ0n) is 18.4. The van der Waals surface area contributed by atoms with Crippen LogP contribution in [-0.2, 0) is 11.0 Å². The van der Waals surface area contributed by atoms with Crippen molar-refractivity contribution in [1.29, 1.82) is 0 Å². The highest BCUT2D eigenvalue weighted by molar-refractivity contribution is 5.96. The number of alkyl halides is 3. The second kappa shape index (κ2) is 10.1. The van der Waals surface area contributed by atoms with Crippen molar-refractivity contribution in [3.05, 3.63) is 65.2 Å². The fourth-order valence-electron chi connectivity index (χ4n) is 4.68. The molecule has 2 fully saturated rings. The number of likely N-dealkylation sites (tertiary alicyclic amines) is 1. The highest BCUT2D eigenvalue weighted by atomic mass is 19.4. The summed E-state index contributed by atoms with van der Waals surface area (Å²) in [4.78, 5) is 30.3. The fraction of sp³-hybridized carbons (Fsp3) is 0.458. The molecule has 2 N–H and O–H groups in total. The molecule has 0 atom stereocenters. The number of amides is 2. The monoisotopic (exact) mass is 478 g/mol. The summed E-state index contributed by atoms with van der Waals surface area (Å²) in [5, 5.41) is 5.22. The van der Waals surface area contributed by atoms with E-state index in [0.29, 0.717) is 12.0 Å². The van der Waals surface area contributed by atoms with E-state index < -0.39 is 23.6 Å². The van der Waals surface area contributed by atoms with E-state index in [1.54, 1.807) is 12.3 Å². The molecule has 2 aliphatic rings. The molecule has 0 radical (unpaired) electrons. The molecule has 34 heavy (non-hydrogen) atoms. The molecule has 0 bridgehead atoms. The molecule has 1 aliphatic carbocycles. The van der Waals surface area contributed by atoms with Gasteiger partial charge in [0, 0.05) is 30.9 Å². The van der Waals surface area contributed by atoms with Gasteiger partial charge in [-0.2, -0.15) is 17.6 Å². The fourth-order valence-corrected chi connectivity index (χ4v) is 4.68. The summed E-state index contributed by atoms with van der Waals surface area (Å²) in [6.07, 6.45) is 1.13. The highest BCUT2D eigenvalue weighted by Crippen LogP contribution is 2.35. The first-order valence-corrected chi connectivity index (χ1v) is 11.3. The molecule has 2 aromatic rings. The summed E-state index contributed by atoms with van der Waals surface area (Å²) >= 11 is 0. The summed E-state index contributed by atoms with van der Waals surface area (Å²) in [7, 11) is 0. The first-order chi connectivity index (χ1) is 16.2. The topological polar surface area (TPSA) is 74.3 Å². The Kier molecular flexibility index (Phi) is 7.16. The van der Waals surface area contributed by atoms with Gasteiger partial charge in [0.2, 0.25) is 11.9 Å². The van der Waals surface area contributed by atoms with Crippen LogP contribution in [0.25, 0.3) is 0 Å². The number of hydrogen-bond acceptors (Lipinski definition) is 4. The van der Waals surface area contributed by atoms with Crippen molar-refractivity contribution in [2.24, 2.45) is 0 Å². The summed E-state index contributed by atoms with van der Waals surface area (Å²) in [5.41, 5.74) is 0.00720.